The number of benzene rings is 1. The molecule has 0 aliphatic carbocycles. The molecular formula is C12H16F2N2O2S. The predicted octanol–water partition coefficient (Wildman–Crippen LogP) is 1.61. The van der Waals surface area contributed by atoms with E-state index in [1.54, 1.807) is 12.1 Å². The van der Waals surface area contributed by atoms with Crippen LogP contribution in [-0.4, -0.2) is 33.3 Å². The molecule has 0 radical (unpaired) electrons. The Bertz CT molecular complexity index is 531. The van der Waals surface area contributed by atoms with Crippen molar-refractivity contribution in [3.8, 4) is 0 Å². The van der Waals surface area contributed by atoms with Crippen molar-refractivity contribution in [3.05, 3.63) is 24.3 Å². The van der Waals surface area contributed by atoms with E-state index in [1.807, 2.05) is 4.90 Å². The molecule has 0 bridgehead atoms. The van der Waals surface area contributed by atoms with Crippen molar-refractivity contribution in [2.75, 3.05) is 18.0 Å². The molecule has 106 valence electrons. The second kappa shape index (κ2) is 5.42. The fourth-order valence-corrected chi connectivity index (χ4v) is 2.92. The standard InChI is InChI=1S/C12H16F2N2O2S/c13-12(14)19(17,18)11-5-3-10(4-6-11)16-7-1-2-9(15)8-16/h3-6,9,12H,1-2,7-8,15H2/t9-/m1/s1. The summed E-state index contributed by atoms with van der Waals surface area (Å²) in [6.07, 6.45) is 1.94. The Kier molecular flexibility index (Phi) is 4.05. The zero-order valence-electron chi connectivity index (χ0n) is 10.3. The van der Waals surface area contributed by atoms with Crippen molar-refractivity contribution >= 4 is 15.5 Å². The van der Waals surface area contributed by atoms with E-state index in [4.69, 9.17) is 5.73 Å². The summed E-state index contributed by atoms with van der Waals surface area (Å²) in [7, 11) is -4.51. The average molecular weight is 290 g/mol. The quantitative estimate of drug-likeness (QED) is 0.918. The Morgan fingerprint density at radius 3 is 2.42 bits per heavy atom. The minimum absolute atomic E-state index is 0.0956. The fraction of sp³-hybridized carbons (Fsp3) is 0.500. The molecule has 0 spiro atoms. The Hall–Kier alpha value is -1.21. The molecule has 4 nitrogen and oxygen atoms in total. The maximum absolute atomic E-state index is 12.4. The van der Waals surface area contributed by atoms with Crippen LogP contribution in [0.3, 0.4) is 0 Å². The first kappa shape index (κ1) is 14.2. The van der Waals surface area contributed by atoms with Crippen molar-refractivity contribution in [3.63, 3.8) is 0 Å². The first-order chi connectivity index (χ1) is 8.91. The number of sulfone groups is 1. The van der Waals surface area contributed by atoms with Crippen LogP contribution in [0.5, 0.6) is 0 Å². The molecule has 0 saturated carbocycles. The molecule has 2 N–H and O–H groups in total. The summed E-state index contributed by atoms with van der Waals surface area (Å²) in [5.74, 6) is -3.39. The molecule has 1 aromatic rings. The number of hydrogen-bond acceptors (Lipinski definition) is 4. The highest BCUT2D eigenvalue weighted by molar-refractivity contribution is 7.91. The van der Waals surface area contributed by atoms with Gasteiger partial charge in [0, 0.05) is 24.8 Å². The molecule has 0 aromatic heterocycles. The van der Waals surface area contributed by atoms with E-state index in [2.05, 4.69) is 0 Å². The lowest BCUT2D eigenvalue weighted by atomic mass is 10.1. The zero-order chi connectivity index (χ0) is 14.0. The maximum Gasteiger partial charge on any atom is 0.341 e. The second-order valence-corrected chi connectivity index (χ2v) is 6.57. The lowest BCUT2D eigenvalue weighted by molar-refractivity contribution is 0.234. The second-order valence-electron chi connectivity index (χ2n) is 4.65. The van der Waals surface area contributed by atoms with Gasteiger partial charge >= 0.3 is 5.76 Å². The van der Waals surface area contributed by atoms with Gasteiger partial charge in [-0.15, -0.1) is 0 Å². The highest BCUT2D eigenvalue weighted by Gasteiger charge is 2.26. The number of rotatable bonds is 3. The van der Waals surface area contributed by atoms with Crippen molar-refractivity contribution < 1.29 is 17.2 Å². The molecule has 1 aromatic carbocycles. The molecule has 1 saturated heterocycles. The number of hydrogen-bond donors (Lipinski definition) is 1. The van der Waals surface area contributed by atoms with Crippen LogP contribution >= 0.6 is 0 Å². The van der Waals surface area contributed by atoms with Gasteiger partial charge in [-0.05, 0) is 37.1 Å². The Balaban J connectivity index is 2.19. The molecule has 2 rings (SSSR count). The van der Waals surface area contributed by atoms with Crippen molar-refractivity contribution in [2.45, 2.75) is 29.5 Å². The van der Waals surface area contributed by atoms with E-state index in [1.165, 1.54) is 12.1 Å². The van der Waals surface area contributed by atoms with E-state index in [0.29, 0.717) is 6.54 Å². The highest BCUT2D eigenvalue weighted by Crippen LogP contribution is 2.24. The van der Waals surface area contributed by atoms with Crippen LogP contribution in [0, 0.1) is 0 Å². The van der Waals surface area contributed by atoms with Gasteiger partial charge in [-0.2, -0.15) is 8.78 Å². The molecule has 0 amide bonds. The van der Waals surface area contributed by atoms with Crippen LogP contribution in [0.1, 0.15) is 12.8 Å². The Morgan fingerprint density at radius 2 is 1.89 bits per heavy atom. The van der Waals surface area contributed by atoms with Crippen LogP contribution in [0.4, 0.5) is 14.5 Å². The summed E-state index contributed by atoms with van der Waals surface area (Å²) in [5.41, 5.74) is 6.67. The molecule has 1 heterocycles. The third-order valence-corrected chi connectivity index (χ3v) is 4.62. The van der Waals surface area contributed by atoms with E-state index in [-0.39, 0.29) is 10.9 Å². The third-order valence-electron chi connectivity index (χ3n) is 3.22. The monoisotopic (exact) mass is 290 g/mol. The zero-order valence-corrected chi connectivity index (χ0v) is 11.1. The summed E-state index contributed by atoms with van der Waals surface area (Å²) < 4.78 is 47.4. The lowest BCUT2D eigenvalue weighted by Crippen LogP contribution is -2.42. The SMILES string of the molecule is N[C@@H]1CCCN(c2ccc(S(=O)(=O)C(F)F)cc2)C1. The van der Waals surface area contributed by atoms with Gasteiger partial charge in [0.2, 0.25) is 9.84 Å². The van der Waals surface area contributed by atoms with Gasteiger partial charge < -0.3 is 10.6 Å². The molecule has 1 aliphatic rings. The van der Waals surface area contributed by atoms with E-state index in [9.17, 15) is 17.2 Å². The van der Waals surface area contributed by atoms with Gasteiger partial charge in [0.05, 0.1) is 4.90 Å². The van der Waals surface area contributed by atoms with Crippen LogP contribution < -0.4 is 10.6 Å². The molecule has 1 aliphatic heterocycles. The van der Waals surface area contributed by atoms with E-state index < -0.39 is 15.6 Å². The first-order valence-electron chi connectivity index (χ1n) is 6.04. The smallest absolute Gasteiger partial charge is 0.341 e. The van der Waals surface area contributed by atoms with Crippen LogP contribution in [-0.2, 0) is 9.84 Å². The van der Waals surface area contributed by atoms with Gasteiger partial charge in [0.25, 0.3) is 0 Å². The largest absolute Gasteiger partial charge is 0.370 e. The summed E-state index contributed by atoms with van der Waals surface area (Å²) in [5, 5.41) is 0. The molecule has 7 heteroatoms. The lowest BCUT2D eigenvalue weighted by Gasteiger charge is -2.32. The van der Waals surface area contributed by atoms with Crippen molar-refractivity contribution in [2.24, 2.45) is 5.73 Å². The summed E-state index contributed by atoms with van der Waals surface area (Å²) >= 11 is 0. The third kappa shape index (κ3) is 3.03. The Labute approximate surface area is 111 Å². The van der Waals surface area contributed by atoms with Crippen molar-refractivity contribution in [1.29, 1.82) is 0 Å². The topological polar surface area (TPSA) is 63.4 Å². The molecule has 1 atom stereocenters. The number of piperidine rings is 1. The van der Waals surface area contributed by atoms with Gasteiger partial charge in [-0.25, -0.2) is 8.42 Å². The minimum Gasteiger partial charge on any atom is -0.370 e. The van der Waals surface area contributed by atoms with Gasteiger partial charge in [0.15, 0.2) is 0 Å². The predicted molar refractivity (Wildman–Crippen MR) is 69.1 cm³/mol. The molecular weight excluding hydrogens is 274 g/mol. The van der Waals surface area contributed by atoms with Gasteiger partial charge in [0.1, 0.15) is 0 Å². The van der Waals surface area contributed by atoms with Gasteiger partial charge in [-0.3, -0.25) is 0 Å². The van der Waals surface area contributed by atoms with Crippen molar-refractivity contribution in [1.82, 2.24) is 0 Å². The molecule has 19 heavy (non-hydrogen) atoms. The number of halogens is 2. The minimum atomic E-state index is -4.51. The molecule has 0 unspecified atom stereocenters. The fourth-order valence-electron chi connectivity index (χ4n) is 2.19. The van der Waals surface area contributed by atoms with Crippen LogP contribution in [0.15, 0.2) is 29.2 Å². The number of nitrogens with zero attached hydrogens (tertiary/aromatic N) is 1. The summed E-state index contributed by atoms with van der Waals surface area (Å²) in [6.45, 7) is 1.54. The summed E-state index contributed by atoms with van der Waals surface area (Å²) in [6, 6.07) is 5.63. The number of anilines is 1. The van der Waals surface area contributed by atoms with Crippen LogP contribution in [0.25, 0.3) is 0 Å². The van der Waals surface area contributed by atoms with Gasteiger partial charge in [-0.1, -0.05) is 0 Å². The van der Waals surface area contributed by atoms with E-state index >= 15 is 0 Å². The first-order valence-corrected chi connectivity index (χ1v) is 7.58. The van der Waals surface area contributed by atoms with Crippen LogP contribution in [0.2, 0.25) is 0 Å². The normalized spacial score (nSPS) is 20.8. The maximum atomic E-state index is 12.4. The average Bonchev–Trinajstić information content (AvgIpc) is 2.38. The van der Waals surface area contributed by atoms with E-state index in [0.717, 1.165) is 25.1 Å². The summed E-state index contributed by atoms with van der Waals surface area (Å²) in [4.78, 5) is 1.68. The number of nitrogens with two attached hydrogens (primary N) is 1. The molecule has 1 fully saturated rings. The Morgan fingerprint density at radius 1 is 1.26 bits per heavy atom. The number of alkyl halides is 2. The highest BCUT2D eigenvalue weighted by atomic mass is 32.2.